The van der Waals surface area contributed by atoms with Crippen molar-refractivity contribution in [1.29, 1.82) is 0 Å². The van der Waals surface area contributed by atoms with E-state index in [2.05, 4.69) is 32.9 Å². The number of nitrogens with one attached hydrogen (secondary N) is 2. The molecule has 0 aromatic carbocycles. The molecule has 0 atom stereocenters. The Morgan fingerprint density at radius 3 is 3.00 bits per heavy atom. The molecule has 0 aliphatic rings. The third kappa shape index (κ3) is 2.90. The molecule has 3 rings (SSSR count). The van der Waals surface area contributed by atoms with Crippen molar-refractivity contribution in [3.63, 3.8) is 0 Å². The normalized spacial score (nSPS) is 10.7. The molecular weight excluding hydrogens is 284 g/mol. The predicted octanol–water partition coefficient (Wildman–Crippen LogP) is 2.28. The van der Waals surface area contributed by atoms with Gasteiger partial charge in [0.15, 0.2) is 0 Å². The summed E-state index contributed by atoms with van der Waals surface area (Å²) in [7, 11) is 0. The average molecular weight is 298 g/mol. The molecule has 0 aliphatic heterocycles. The Kier molecular flexibility index (Phi) is 3.87. The van der Waals surface area contributed by atoms with Gasteiger partial charge in [-0.2, -0.15) is 12.6 Å². The lowest BCUT2D eigenvalue weighted by molar-refractivity contribution is 0.0951. The van der Waals surface area contributed by atoms with E-state index in [1.54, 1.807) is 18.5 Å². The zero-order valence-corrected chi connectivity index (χ0v) is 12.1. The molecule has 3 aromatic heterocycles. The van der Waals surface area contributed by atoms with Crippen molar-refractivity contribution in [3.05, 3.63) is 48.5 Å². The Labute approximate surface area is 127 Å². The van der Waals surface area contributed by atoms with Gasteiger partial charge in [-0.15, -0.1) is 0 Å². The smallest absolute Gasteiger partial charge is 0.269 e. The number of fused-ring (bicyclic) bond motifs is 1. The van der Waals surface area contributed by atoms with Gasteiger partial charge < -0.3 is 10.3 Å². The largest absolute Gasteiger partial charge is 0.350 e. The Hall–Kier alpha value is -2.34. The van der Waals surface area contributed by atoms with Crippen LogP contribution in [0.3, 0.4) is 0 Å². The van der Waals surface area contributed by atoms with E-state index >= 15 is 0 Å². The van der Waals surface area contributed by atoms with Crippen molar-refractivity contribution in [1.82, 2.24) is 20.3 Å². The molecule has 0 fully saturated rings. The summed E-state index contributed by atoms with van der Waals surface area (Å²) in [4.78, 5) is 23.4. The van der Waals surface area contributed by atoms with Gasteiger partial charge in [0.05, 0.1) is 0 Å². The SMILES string of the molecule is O=C(NCCS)c1cc(-c2cnc3[nH]ccc3c2)ccn1. The van der Waals surface area contributed by atoms with E-state index in [9.17, 15) is 4.79 Å². The highest BCUT2D eigenvalue weighted by Crippen LogP contribution is 2.22. The standard InChI is InChI=1S/C15H14N4OS/c20-15(18-5-6-21)13-8-10(1-3-16-13)12-7-11-2-4-17-14(11)19-9-12/h1-4,7-9,21H,5-6H2,(H,17,19)(H,18,20). The highest BCUT2D eigenvalue weighted by atomic mass is 32.1. The maximum atomic E-state index is 11.9. The molecule has 0 unspecified atom stereocenters. The van der Waals surface area contributed by atoms with Gasteiger partial charge in [0.1, 0.15) is 11.3 Å². The van der Waals surface area contributed by atoms with Gasteiger partial charge in [0, 0.05) is 41.8 Å². The van der Waals surface area contributed by atoms with Crippen LogP contribution in [-0.4, -0.2) is 33.2 Å². The van der Waals surface area contributed by atoms with Crippen LogP contribution in [0.2, 0.25) is 0 Å². The minimum atomic E-state index is -0.193. The third-order valence-corrected chi connectivity index (χ3v) is 3.35. The summed E-state index contributed by atoms with van der Waals surface area (Å²) in [6, 6.07) is 7.63. The number of aromatic amines is 1. The van der Waals surface area contributed by atoms with E-state index in [0.29, 0.717) is 18.0 Å². The number of hydrogen-bond donors (Lipinski definition) is 3. The first kappa shape index (κ1) is 13.6. The van der Waals surface area contributed by atoms with E-state index in [1.165, 1.54) is 0 Å². The minimum absolute atomic E-state index is 0.193. The van der Waals surface area contributed by atoms with Crippen LogP contribution < -0.4 is 5.32 Å². The Balaban J connectivity index is 1.93. The van der Waals surface area contributed by atoms with E-state index in [1.807, 2.05) is 24.4 Å². The van der Waals surface area contributed by atoms with Crippen LogP contribution in [-0.2, 0) is 0 Å². The molecule has 0 saturated carbocycles. The van der Waals surface area contributed by atoms with Crippen LogP contribution in [0.5, 0.6) is 0 Å². The van der Waals surface area contributed by atoms with Crippen molar-refractivity contribution < 1.29 is 4.79 Å². The summed E-state index contributed by atoms with van der Waals surface area (Å²) >= 11 is 4.07. The molecule has 21 heavy (non-hydrogen) atoms. The summed E-state index contributed by atoms with van der Waals surface area (Å²) in [5.41, 5.74) is 3.10. The molecule has 6 heteroatoms. The number of carbonyl (C=O) groups is 1. The van der Waals surface area contributed by atoms with Crippen LogP contribution in [0.1, 0.15) is 10.5 Å². The molecule has 3 aromatic rings. The molecule has 3 heterocycles. The minimum Gasteiger partial charge on any atom is -0.350 e. The lowest BCUT2D eigenvalue weighted by Gasteiger charge is -2.05. The predicted molar refractivity (Wildman–Crippen MR) is 85.5 cm³/mol. The topological polar surface area (TPSA) is 70.7 Å². The molecular formula is C15H14N4OS. The number of thiol groups is 1. The van der Waals surface area contributed by atoms with Crippen LogP contribution in [0.25, 0.3) is 22.2 Å². The quantitative estimate of drug-likeness (QED) is 0.647. The summed E-state index contributed by atoms with van der Waals surface area (Å²) in [6.07, 6.45) is 5.26. The van der Waals surface area contributed by atoms with Crippen molar-refractivity contribution >= 4 is 29.6 Å². The maximum absolute atomic E-state index is 11.9. The molecule has 0 aliphatic carbocycles. The first-order valence-corrected chi connectivity index (χ1v) is 7.20. The molecule has 0 saturated heterocycles. The van der Waals surface area contributed by atoms with Gasteiger partial charge in [-0.1, -0.05) is 0 Å². The van der Waals surface area contributed by atoms with Crippen molar-refractivity contribution in [2.75, 3.05) is 12.3 Å². The molecule has 5 nitrogen and oxygen atoms in total. The van der Waals surface area contributed by atoms with E-state index in [4.69, 9.17) is 0 Å². The number of H-pyrrole nitrogens is 1. The van der Waals surface area contributed by atoms with Crippen molar-refractivity contribution in [2.24, 2.45) is 0 Å². The summed E-state index contributed by atoms with van der Waals surface area (Å²) in [5.74, 6) is 0.404. The average Bonchev–Trinajstić information content (AvgIpc) is 3.00. The lowest BCUT2D eigenvalue weighted by Crippen LogP contribution is -2.26. The Morgan fingerprint density at radius 2 is 2.14 bits per heavy atom. The third-order valence-electron chi connectivity index (χ3n) is 3.12. The second-order valence-corrected chi connectivity index (χ2v) is 5.00. The van der Waals surface area contributed by atoms with Crippen LogP contribution in [0.4, 0.5) is 0 Å². The van der Waals surface area contributed by atoms with Crippen LogP contribution >= 0.6 is 12.6 Å². The maximum Gasteiger partial charge on any atom is 0.269 e. The molecule has 106 valence electrons. The van der Waals surface area contributed by atoms with Crippen molar-refractivity contribution in [3.8, 4) is 11.1 Å². The van der Waals surface area contributed by atoms with Gasteiger partial charge >= 0.3 is 0 Å². The van der Waals surface area contributed by atoms with Gasteiger partial charge in [-0.3, -0.25) is 9.78 Å². The van der Waals surface area contributed by atoms with E-state index in [-0.39, 0.29) is 5.91 Å². The number of aromatic nitrogens is 3. The zero-order valence-electron chi connectivity index (χ0n) is 11.2. The zero-order chi connectivity index (χ0) is 14.7. The fraction of sp³-hybridized carbons (Fsp3) is 0.133. The fourth-order valence-corrected chi connectivity index (χ4v) is 2.20. The first-order valence-electron chi connectivity index (χ1n) is 6.56. The summed E-state index contributed by atoms with van der Waals surface area (Å²) in [5, 5.41) is 3.79. The lowest BCUT2D eigenvalue weighted by atomic mass is 10.1. The molecule has 0 radical (unpaired) electrons. The first-order chi connectivity index (χ1) is 10.3. The number of pyridine rings is 2. The van der Waals surface area contributed by atoms with Gasteiger partial charge in [0.2, 0.25) is 0 Å². The number of hydrogen-bond acceptors (Lipinski definition) is 4. The second kappa shape index (κ2) is 5.97. The van der Waals surface area contributed by atoms with E-state index in [0.717, 1.165) is 22.2 Å². The highest BCUT2D eigenvalue weighted by Gasteiger charge is 2.08. The van der Waals surface area contributed by atoms with Crippen LogP contribution in [0.15, 0.2) is 42.9 Å². The second-order valence-electron chi connectivity index (χ2n) is 4.55. The molecule has 2 N–H and O–H groups in total. The Morgan fingerprint density at radius 1 is 1.24 bits per heavy atom. The van der Waals surface area contributed by atoms with Crippen molar-refractivity contribution in [2.45, 2.75) is 0 Å². The fourth-order valence-electron chi connectivity index (χ4n) is 2.09. The summed E-state index contributed by atoms with van der Waals surface area (Å²) < 4.78 is 0. The molecule has 0 bridgehead atoms. The number of nitrogens with zero attached hydrogens (tertiary/aromatic N) is 2. The highest BCUT2D eigenvalue weighted by molar-refractivity contribution is 7.80. The van der Waals surface area contributed by atoms with Crippen LogP contribution in [0, 0.1) is 0 Å². The number of rotatable bonds is 4. The van der Waals surface area contributed by atoms with Gasteiger partial charge in [0.25, 0.3) is 5.91 Å². The van der Waals surface area contributed by atoms with Gasteiger partial charge in [-0.25, -0.2) is 4.98 Å². The number of amides is 1. The summed E-state index contributed by atoms with van der Waals surface area (Å²) in [6.45, 7) is 0.519. The Bertz CT molecular complexity index is 784. The molecule has 1 amide bonds. The molecule has 0 spiro atoms. The van der Waals surface area contributed by atoms with Gasteiger partial charge in [-0.05, 0) is 29.8 Å². The number of carbonyl (C=O) groups excluding carboxylic acids is 1. The van der Waals surface area contributed by atoms with E-state index < -0.39 is 0 Å². The monoisotopic (exact) mass is 298 g/mol.